The van der Waals surface area contributed by atoms with Gasteiger partial charge in [0.2, 0.25) is 0 Å². The molecule has 3 aromatic rings. The van der Waals surface area contributed by atoms with E-state index in [0.29, 0.717) is 16.1 Å². The Labute approximate surface area is 142 Å². The summed E-state index contributed by atoms with van der Waals surface area (Å²) in [6.45, 7) is 1.95. The van der Waals surface area contributed by atoms with Crippen LogP contribution in [0.4, 0.5) is 10.5 Å². The average Bonchev–Trinajstić information content (AvgIpc) is 2.91. The number of aromatic carboxylic acids is 1. The number of aryl methyl sites for hydroxylation is 1. The molecule has 0 saturated carbocycles. The number of fused-ring (bicyclic) bond motifs is 1. The smallest absolute Gasteiger partial charge is 0.411 e. The standard InChI is InChI=1S/C18H15NO4S/c1-11-14-9-13(7-8-15(14)24-16(11)17(20)21)19-18(22)23-10-12-5-3-2-4-6-12/h2-9H,10H2,1H3,(H,19,22)(H,20,21). The highest BCUT2D eigenvalue weighted by Gasteiger charge is 2.15. The molecule has 5 nitrogen and oxygen atoms in total. The summed E-state index contributed by atoms with van der Waals surface area (Å²) in [5.41, 5.74) is 2.17. The van der Waals surface area contributed by atoms with Crippen molar-refractivity contribution < 1.29 is 19.4 Å². The van der Waals surface area contributed by atoms with Crippen LogP contribution in [0, 0.1) is 6.92 Å². The second-order valence-electron chi connectivity index (χ2n) is 5.26. The second kappa shape index (κ2) is 6.72. The molecule has 3 rings (SSSR count). The highest BCUT2D eigenvalue weighted by molar-refractivity contribution is 7.21. The number of amides is 1. The lowest BCUT2D eigenvalue weighted by Crippen LogP contribution is -2.13. The largest absolute Gasteiger partial charge is 0.477 e. The maximum absolute atomic E-state index is 11.9. The Morgan fingerprint density at radius 2 is 1.92 bits per heavy atom. The SMILES string of the molecule is Cc1c(C(=O)O)sc2ccc(NC(=O)OCc3ccccc3)cc12. The van der Waals surface area contributed by atoms with Crippen LogP contribution in [0.15, 0.2) is 48.5 Å². The van der Waals surface area contributed by atoms with E-state index >= 15 is 0 Å². The Bertz CT molecular complexity index is 902. The summed E-state index contributed by atoms with van der Waals surface area (Å²) in [5.74, 6) is -0.939. The lowest BCUT2D eigenvalue weighted by molar-refractivity contribution is 0.0701. The first-order valence-electron chi connectivity index (χ1n) is 7.29. The molecule has 0 unspecified atom stereocenters. The molecule has 0 aliphatic carbocycles. The third kappa shape index (κ3) is 3.38. The van der Waals surface area contributed by atoms with Crippen LogP contribution in [0.25, 0.3) is 10.1 Å². The molecule has 6 heteroatoms. The normalized spacial score (nSPS) is 10.5. The van der Waals surface area contributed by atoms with E-state index in [1.807, 2.05) is 30.3 Å². The van der Waals surface area contributed by atoms with Crippen LogP contribution >= 0.6 is 11.3 Å². The minimum Gasteiger partial charge on any atom is -0.477 e. The molecule has 2 aromatic carbocycles. The predicted molar refractivity (Wildman–Crippen MR) is 93.8 cm³/mol. The van der Waals surface area contributed by atoms with Crippen LogP contribution in [0.5, 0.6) is 0 Å². The van der Waals surface area contributed by atoms with Gasteiger partial charge in [-0.15, -0.1) is 11.3 Å². The topological polar surface area (TPSA) is 75.6 Å². The molecule has 24 heavy (non-hydrogen) atoms. The van der Waals surface area contributed by atoms with Gasteiger partial charge in [0.25, 0.3) is 0 Å². The van der Waals surface area contributed by atoms with Crippen molar-refractivity contribution in [3.05, 3.63) is 64.5 Å². The minimum atomic E-state index is -0.939. The maximum atomic E-state index is 11.9. The molecule has 0 spiro atoms. The third-order valence-electron chi connectivity index (χ3n) is 3.59. The van der Waals surface area contributed by atoms with Gasteiger partial charge >= 0.3 is 12.1 Å². The zero-order valence-corrected chi connectivity index (χ0v) is 13.7. The molecule has 2 N–H and O–H groups in total. The summed E-state index contributed by atoms with van der Waals surface area (Å²) in [7, 11) is 0. The number of hydrogen-bond donors (Lipinski definition) is 2. The number of rotatable bonds is 4. The number of carboxylic acid groups (broad SMARTS) is 1. The molecular weight excluding hydrogens is 326 g/mol. The summed E-state index contributed by atoms with van der Waals surface area (Å²) >= 11 is 1.22. The van der Waals surface area contributed by atoms with Gasteiger partial charge in [-0.1, -0.05) is 30.3 Å². The first-order chi connectivity index (χ1) is 11.5. The van der Waals surface area contributed by atoms with Crippen LogP contribution in [-0.4, -0.2) is 17.2 Å². The van der Waals surface area contributed by atoms with E-state index in [9.17, 15) is 14.7 Å². The number of carbonyl (C=O) groups excluding carboxylic acids is 1. The van der Waals surface area contributed by atoms with E-state index in [2.05, 4.69) is 5.32 Å². The highest BCUT2D eigenvalue weighted by atomic mass is 32.1. The van der Waals surface area contributed by atoms with Crippen molar-refractivity contribution in [1.29, 1.82) is 0 Å². The van der Waals surface area contributed by atoms with Gasteiger partial charge < -0.3 is 9.84 Å². The fourth-order valence-electron chi connectivity index (χ4n) is 2.38. The third-order valence-corrected chi connectivity index (χ3v) is 4.85. The Kier molecular flexibility index (Phi) is 4.48. The number of anilines is 1. The van der Waals surface area contributed by atoms with E-state index in [4.69, 9.17) is 4.74 Å². The second-order valence-corrected chi connectivity index (χ2v) is 6.31. The van der Waals surface area contributed by atoms with Crippen molar-refractivity contribution in [2.45, 2.75) is 13.5 Å². The van der Waals surface area contributed by atoms with Gasteiger partial charge in [-0.3, -0.25) is 5.32 Å². The Morgan fingerprint density at radius 3 is 2.62 bits per heavy atom. The van der Waals surface area contributed by atoms with E-state index < -0.39 is 12.1 Å². The van der Waals surface area contributed by atoms with Gasteiger partial charge in [0, 0.05) is 10.4 Å². The zero-order valence-electron chi connectivity index (χ0n) is 12.9. The molecule has 0 atom stereocenters. The molecule has 0 bridgehead atoms. The van der Waals surface area contributed by atoms with Crippen molar-refractivity contribution in [3.8, 4) is 0 Å². The van der Waals surface area contributed by atoms with Crippen LogP contribution in [0.3, 0.4) is 0 Å². The number of carboxylic acids is 1. The lowest BCUT2D eigenvalue weighted by atomic mass is 10.1. The molecule has 0 radical (unpaired) electrons. The average molecular weight is 341 g/mol. The van der Waals surface area contributed by atoms with Crippen molar-refractivity contribution in [1.82, 2.24) is 0 Å². The molecule has 1 amide bonds. The van der Waals surface area contributed by atoms with Crippen LogP contribution in [0.2, 0.25) is 0 Å². The summed E-state index contributed by atoms with van der Waals surface area (Å²) in [5, 5.41) is 12.7. The Hall–Kier alpha value is -2.86. The van der Waals surface area contributed by atoms with Crippen molar-refractivity contribution in [3.63, 3.8) is 0 Å². The van der Waals surface area contributed by atoms with Gasteiger partial charge in [0.15, 0.2) is 0 Å². The number of carbonyl (C=O) groups is 2. The van der Waals surface area contributed by atoms with Gasteiger partial charge in [-0.25, -0.2) is 9.59 Å². The van der Waals surface area contributed by atoms with Crippen molar-refractivity contribution >= 4 is 39.2 Å². The molecule has 0 aliphatic rings. The summed E-state index contributed by atoms with van der Waals surface area (Å²) < 4.78 is 6.04. The van der Waals surface area contributed by atoms with Gasteiger partial charge in [0.05, 0.1) is 0 Å². The minimum absolute atomic E-state index is 0.190. The number of benzene rings is 2. The van der Waals surface area contributed by atoms with Gasteiger partial charge in [-0.05, 0) is 41.6 Å². The summed E-state index contributed by atoms with van der Waals surface area (Å²) in [6.07, 6.45) is -0.551. The maximum Gasteiger partial charge on any atom is 0.411 e. The number of ether oxygens (including phenoxy) is 1. The van der Waals surface area contributed by atoms with E-state index in [0.717, 1.165) is 15.6 Å². The number of nitrogens with one attached hydrogen (secondary N) is 1. The van der Waals surface area contributed by atoms with Crippen molar-refractivity contribution in [2.75, 3.05) is 5.32 Å². The van der Waals surface area contributed by atoms with Crippen LogP contribution < -0.4 is 5.32 Å². The van der Waals surface area contributed by atoms with Gasteiger partial charge in [-0.2, -0.15) is 0 Å². The van der Waals surface area contributed by atoms with E-state index in [-0.39, 0.29) is 6.61 Å². The fraction of sp³-hybridized carbons (Fsp3) is 0.111. The first-order valence-corrected chi connectivity index (χ1v) is 8.10. The van der Waals surface area contributed by atoms with E-state index in [1.54, 1.807) is 25.1 Å². The molecule has 1 aromatic heterocycles. The summed E-state index contributed by atoms with van der Waals surface area (Å²) in [4.78, 5) is 23.4. The zero-order chi connectivity index (χ0) is 17.1. The lowest BCUT2D eigenvalue weighted by Gasteiger charge is -2.07. The Balaban J connectivity index is 1.71. The van der Waals surface area contributed by atoms with E-state index in [1.165, 1.54) is 11.3 Å². The predicted octanol–water partition coefficient (Wildman–Crippen LogP) is 4.66. The monoisotopic (exact) mass is 341 g/mol. The highest BCUT2D eigenvalue weighted by Crippen LogP contribution is 2.32. The molecule has 122 valence electrons. The summed E-state index contributed by atoms with van der Waals surface area (Å²) in [6, 6.07) is 14.7. The molecular formula is C18H15NO4S. The Morgan fingerprint density at radius 1 is 1.17 bits per heavy atom. The number of hydrogen-bond acceptors (Lipinski definition) is 4. The quantitative estimate of drug-likeness (QED) is 0.724. The van der Waals surface area contributed by atoms with Crippen molar-refractivity contribution in [2.24, 2.45) is 0 Å². The number of thiophene rings is 1. The molecule has 0 fully saturated rings. The van der Waals surface area contributed by atoms with Crippen LogP contribution in [-0.2, 0) is 11.3 Å². The van der Waals surface area contributed by atoms with Crippen LogP contribution in [0.1, 0.15) is 20.8 Å². The molecule has 0 saturated heterocycles. The molecule has 1 heterocycles. The van der Waals surface area contributed by atoms with Gasteiger partial charge in [0.1, 0.15) is 11.5 Å². The fourth-order valence-corrected chi connectivity index (χ4v) is 3.41. The molecule has 0 aliphatic heterocycles. The first kappa shape index (κ1) is 16.0.